The molecule has 1 aliphatic heterocycles. The Morgan fingerprint density at radius 3 is 2.28 bits per heavy atom. The van der Waals surface area contributed by atoms with E-state index in [4.69, 9.17) is 0 Å². The molecule has 4 unspecified atom stereocenters. The van der Waals surface area contributed by atoms with Crippen molar-refractivity contribution < 1.29 is 9.59 Å². The Morgan fingerprint density at radius 2 is 1.58 bits per heavy atom. The monoisotopic (exact) mass is 487 g/mol. The van der Waals surface area contributed by atoms with Crippen molar-refractivity contribution in [2.45, 2.75) is 57.9 Å². The molecule has 2 amide bonds. The number of nitrogens with one attached hydrogen (secondary N) is 1. The first kappa shape index (κ1) is 25.0. The van der Waals surface area contributed by atoms with Gasteiger partial charge in [-0.25, -0.2) is 0 Å². The highest BCUT2D eigenvalue weighted by molar-refractivity contribution is 5.88. The minimum Gasteiger partial charge on any atom is -0.347 e. The number of nitrogens with zero attached hydrogens (tertiary/aromatic N) is 2. The molecule has 1 saturated heterocycles. The van der Waals surface area contributed by atoms with Gasteiger partial charge in [0.2, 0.25) is 11.8 Å². The van der Waals surface area contributed by atoms with Crippen LogP contribution in [-0.4, -0.2) is 54.3 Å². The van der Waals surface area contributed by atoms with Crippen molar-refractivity contribution in [2.24, 2.45) is 17.3 Å². The van der Waals surface area contributed by atoms with Crippen LogP contribution in [0.25, 0.3) is 0 Å². The first-order valence-corrected chi connectivity index (χ1v) is 13.7. The third kappa shape index (κ3) is 5.36. The lowest BCUT2D eigenvalue weighted by atomic mass is 9.50. The number of benzene rings is 2. The first-order chi connectivity index (χ1) is 17.4. The fourth-order valence-corrected chi connectivity index (χ4v) is 7.58. The van der Waals surface area contributed by atoms with Crippen LogP contribution < -0.4 is 5.32 Å². The summed E-state index contributed by atoms with van der Waals surface area (Å²) in [4.78, 5) is 30.8. The van der Waals surface area contributed by atoms with Crippen molar-refractivity contribution in [3.8, 4) is 0 Å². The molecule has 5 heteroatoms. The second kappa shape index (κ2) is 10.4. The molecule has 1 N–H and O–H groups in total. The van der Waals surface area contributed by atoms with Gasteiger partial charge in [0.1, 0.15) is 0 Å². The van der Waals surface area contributed by atoms with Crippen molar-refractivity contribution in [2.75, 3.05) is 32.7 Å². The molecule has 4 atom stereocenters. The maximum atomic E-state index is 13.6. The summed E-state index contributed by atoms with van der Waals surface area (Å²) in [6, 6.07) is 21.3. The lowest BCUT2D eigenvalue weighted by Gasteiger charge is -2.54. The lowest BCUT2D eigenvalue weighted by Crippen LogP contribution is -2.54. The van der Waals surface area contributed by atoms with Gasteiger partial charge in [0.25, 0.3) is 0 Å². The Kier molecular flexibility index (Phi) is 7.21. The average Bonchev–Trinajstić information content (AvgIpc) is 2.88. The lowest BCUT2D eigenvalue weighted by molar-refractivity contribution is -0.140. The topological polar surface area (TPSA) is 52.7 Å². The maximum Gasteiger partial charge on any atom is 0.242 e. The van der Waals surface area contributed by atoms with Crippen molar-refractivity contribution in [3.05, 3.63) is 71.8 Å². The molecule has 5 rings (SSSR count). The molecule has 2 aromatic carbocycles. The molecule has 5 nitrogen and oxygen atoms in total. The molecule has 2 saturated carbocycles. The van der Waals surface area contributed by atoms with Crippen LogP contribution in [0.5, 0.6) is 0 Å². The Balaban J connectivity index is 1.17. The van der Waals surface area contributed by atoms with Gasteiger partial charge < -0.3 is 10.2 Å². The van der Waals surface area contributed by atoms with E-state index in [-0.39, 0.29) is 23.8 Å². The van der Waals surface area contributed by atoms with Crippen molar-refractivity contribution in [3.63, 3.8) is 0 Å². The molecule has 2 aliphatic carbocycles. The van der Waals surface area contributed by atoms with Crippen molar-refractivity contribution in [1.29, 1.82) is 0 Å². The standard InChI is InChI=1S/C31H41N3O2/c1-24-17-26-19-30(2,23-31(18-24,20-26)27-11-7-4-8-12-27)29(36)32-21-28(35)34-15-13-33(14-16-34)22-25-9-5-3-6-10-25/h3-12,24,26H,13-23H2,1-2H3,(H,32,36). The van der Waals surface area contributed by atoms with Gasteiger partial charge in [0.05, 0.1) is 6.54 Å². The molecule has 2 bridgehead atoms. The average molecular weight is 488 g/mol. The largest absolute Gasteiger partial charge is 0.347 e. The number of carbonyl (C=O) groups is 2. The van der Waals surface area contributed by atoms with E-state index in [2.05, 4.69) is 78.7 Å². The van der Waals surface area contributed by atoms with Gasteiger partial charge in [-0.1, -0.05) is 74.5 Å². The fraction of sp³-hybridized carbons (Fsp3) is 0.548. The van der Waals surface area contributed by atoms with Crippen molar-refractivity contribution in [1.82, 2.24) is 15.1 Å². The van der Waals surface area contributed by atoms with Crippen LogP contribution in [0.15, 0.2) is 60.7 Å². The van der Waals surface area contributed by atoms with Crippen LogP contribution >= 0.6 is 0 Å². The number of fused-ring (bicyclic) bond motifs is 2. The molecular weight excluding hydrogens is 446 g/mol. The van der Waals surface area contributed by atoms with E-state index in [9.17, 15) is 9.59 Å². The Hall–Kier alpha value is -2.66. The van der Waals surface area contributed by atoms with Crippen LogP contribution in [0.4, 0.5) is 0 Å². The van der Waals surface area contributed by atoms with E-state index in [0.717, 1.165) is 52.0 Å². The van der Waals surface area contributed by atoms with Gasteiger partial charge in [0, 0.05) is 38.1 Å². The summed E-state index contributed by atoms with van der Waals surface area (Å²) in [5.41, 5.74) is 2.31. The Bertz CT molecular complexity index is 1050. The Labute approximate surface area is 216 Å². The predicted molar refractivity (Wildman–Crippen MR) is 143 cm³/mol. The maximum absolute atomic E-state index is 13.6. The van der Waals surface area contributed by atoms with E-state index in [0.29, 0.717) is 11.8 Å². The number of hydrogen-bond donors (Lipinski definition) is 1. The first-order valence-electron chi connectivity index (χ1n) is 13.7. The van der Waals surface area contributed by atoms with E-state index >= 15 is 0 Å². The predicted octanol–water partition coefficient (Wildman–Crippen LogP) is 4.62. The van der Waals surface area contributed by atoms with Crippen LogP contribution in [0.1, 0.15) is 57.1 Å². The quantitative estimate of drug-likeness (QED) is 0.647. The Morgan fingerprint density at radius 1 is 0.917 bits per heavy atom. The molecule has 192 valence electrons. The summed E-state index contributed by atoms with van der Waals surface area (Å²) in [7, 11) is 0. The van der Waals surface area contributed by atoms with Crippen LogP contribution in [0.3, 0.4) is 0 Å². The molecule has 3 fully saturated rings. The van der Waals surface area contributed by atoms with Gasteiger partial charge in [-0.3, -0.25) is 14.5 Å². The summed E-state index contributed by atoms with van der Waals surface area (Å²) < 4.78 is 0. The minimum absolute atomic E-state index is 0.0358. The minimum atomic E-state index is -0.437. The van der Waals surface area contributed by atoms with E-state index < -0.39 is 5.41 Å². The molecule has 0 spiro atoms. The number of rotatable bonds is 6. The highest BCUT2D eigenvalue weighted by Gasteiger charge is 2.53. The number of hydrogen-bond acceptors (Lipinski definition) is 3. The zero-order valence-corrected chi connectivity index (χ0v) is 21.9. The van der Waals surface area contributed by atoms with E-state index in [1.807, 2.05) is 11.0 Å². The van der Waals surface area contributed by atoms with Gasteiger partial charge in [-0.15, -0.1) is 0 Å². The molecular formula is C31H41N3O2. The van der Waals surface area contributed by atoms with Crippen LogP contribution in [-0.2, 0) is 21.5 Å². The third-order valence-corrected chi connectivity index (χ3v) is 8.93. The molecule has 3 aliphatic rings. The van der Waals surface area contributed by atoms with Gasteiger partial charge in [-0.05, 0) is 60.5 Å². The summed E-state index contributed by atoms with van der Waals surface area (Å²) in [5, 5.41) is 3.07. The zero-order chi connectivity index (χ0) is 25.2. The van der Waals surface area contributed by atoms with Gasteiger partial charge >= 0.3 is 0 Å². The molecule has 36 heavy (non-hydrogen) atoms. The van der Waals surface area contributed by atoms with Gasteiger partial charge in [0.15, 0.2) is 0 Å². The number of piperazine rings is 1. The molecule has 2 aromatic rings. The third-order valence-electron chi connectivity index (χ3n) is 8.93. The highest BCUT2D eigenvalue weighted by atomic mass is 16.2. The SMILES string of the molecule is CC1CC2CC(C)(C(=O)NCC(=O)N3CCN(Cc4ccccc4)CC3)CC(c3ccccc3)(C1)C2. The molecule has 0 radical (unpaired) electrons. The summed E-state index contributed by atoms with van der Waals surface area (Å²) in [5.74, 6) is 1.33. The summed E-state index contributed by atoms with van der Waals surface area (Å²) in [6.07, 6.45) is 5.30. The van der Waals surface area contributed by atoms with Crippen LogP contribution in [0, 0.1) is 17.3 Å². The van der Waals surface area contributed by atoms with E-state index in [1.165, 1.54) is 24.0 Å². The highest BCUT2D eigenvalue weighted by Crippen LogP contribution is 2.58. The van der Waals surface area contributed by atoms with Gasteiger partial charge in [-0.2, -0.15) is 0 Å². The number of amides is 2. The van der Waals surface area contributed by atoms with Crippen LogP contribution in [0.2, 0.25) is 0 Å². The molecule has 1 heterocycles. The van der Waals surface area contributed by atoms with Crippen molar-refractivity contribution >= 4 is 11.8 Å². The second-order valence-corrected chi connectivity index (χ2v) is 12.0. The fourth-order valence-electron chi connectivity index (χ4n) is 7.58. The summed E-state index contributed by atoms with van der Waals surface area (Å²) in [6.45, 7) is 8.69. The second-order valence-electron chi connectivity index (χ2n) is 12.0. The summed E-state index contributed by atoms with van der Waals surface area (Å²) >= 11 is 0. The number of carbonyl (C=O) groups excluding carboxylic acids is 2. The normalized spacial score (nSPS) is 30.6. The molecule has 0 aromatic heterocycles. The smallest absolute Gasteiger partial charge is 0.242 e. The zero-order valence-electron chi connectivity index (χ0n) is 21.9. The van der Waals surface area contributed by atoms with E-state index in [1.54, 1.807) is 0 Å².